The minimum atomic E-state index is -0.622. The summed E-state index contributed by atoms with van der Waals surface area (Å²) in [6.45, 7) is 6.11. The van der Waals surface area contributed by atoms with E-state index in [2.05, 4.69) is 19.2 Å². The number of nitrogens with zero attached hydrogens (tertiary/aromatic N) is 1. The highest BCUT2D eigenvalue weighted by Crippen LogP contribution is 2.26. The van der Waals surface area contributed by atoms with Crippen LogP contribution in [0.5, 0.6) is 5.75 Å². The van der Waals surface area contributed by atoms with Crippen LogP contribution >= 0.6 is 0 Å². The van der Waals surface area contributed by atoms with Crippen LogP contribution in [0.2, 0.25) is 0 Å². The number of nitrogens with one attached hydrogen (secondary N) is 1. The maximum atomic E-state index is 13.4. The summed E-state index contributed by atoms with van der Waals surface area (Å²) in [4.78, 5) is 28.2. The highest BCUT2D eigenvalue weighted by atomic mass is 19.1. The van der Waals surface area contributed by atoms with Crippen molar-refractivity contribution in [1.82, 2.24) is 10.2 Å². The normalized spacial score (nSPS) is 15.1. The van der Waals surface area contributed by atoms with Gasteiger partial charge in [-0.25, -0.2) is 4.39 Å². The lowest BCUT2D eigenvalue weighted by Gasteiger charge is -2.32. The Labute approximate surface area is 202 Å². The molecule has 0 radical (unpaired) electrons. The van der Waals surface area contributed by atoms with E-state index in [1.165, 1.54) is 18.6 Å². The third-order valence-corrected chi connectivity index (χ3v) is 6.50. The Morgan fingerprint density at radius 3 is 2.38 bits per heavy atom. The van der Waals surface area contributed by atoms with E-state index in [0.717, 1.165) is 36.8 Å². The number of amides is 2. The summed E-state index contributed by atoms with van der Waals surface area (Å²) in [5.41, 5.74) is 1.80. The van der Waals surface area contributed by atoms with Crippen molar-refractivity contribution in [2.75, 3.05) is 6.61 Å². The maximum absolute atomic E-state index is 13.4. The second kappa shape index (κ2) is 12.5. The zero-order chi connectivity index (χ0) is 24.5. The number of halogens is 1. The Hall–Kier alpha value is -2.89. The molecular formula is C28H37FN2O3. The fourth-order valence-corrected chi connectivity index (χ4v) is 4.56. The molecule has 1 aliphatic carbocycles. The van der Waals surface area contributed by atoms with Crippen LogP contribution in [0.4, 0.5) is 4.39 Å². The van der Waals surface area contributed by atoms with Crippen LogP contribution in [0.3, 0.4) is 0 Å². The predicted octanol–water partition coefficient (Wildman–Crippen LogP) is 5.58. The van der Waals surface area contributed by atoms with Crippen LogP contribution < -0.4 is 10.1 Å². The molecule has 1 saturated carbocycles. The molecule has 0 heterocycles. The van der Waals surface area contributed by atoms with Gasteiger partial charge in [0.15, 0.2) is 6.61 Å². The first-order valence-electron chi connectivity index (χ1n) is 12.4. The smallest absolute Gasteiger partial charge is 0.261 e. The number of rotatable bonds is 10. The number of hydrogen-bond donors (Lipinski definition) is 1. The Morgan fingerprint density at radius 1 is 1.06 bits per heavy atom. The minimum absolute atomic E-state index is 0.132. The maximum Gasteiger partial charge on any atom is 0.261 e. The summed E-state index contributed by atoms with van der Waals surface area (Å²) < 4.78 is 19.4. The molecule has 34 heavy (non-hydrogen) atoms. The summed E-state index contributed by atoms with van der Waals surface area (Å²) in [5, 5.41) is 3.16. The summed E-state index contributed by atoms with van der Waals surface area (Å²) in [6.07, 6.45) is 5.86. The van der Waals surface area contributed by atoms with Gasteiger partial charge in [0.1, 0.15) is 17.6 Å². The second-order valence-corrected chi connectivity index (χ2v) is 9.40. The van der Waals surface area contributed by atoms with Crippen molar-refractivity contribution in [2.45, 2.75) is 83.8 Å². The first kappa shape index (κ1) is 25.7. The monoisotopic (exact) mass is 468 g/mol. The van der Waals surface area contributed by atoms with Gasteiger partial charge in [-0.2, -0.15) is 0 Å². The van der Waals surface area contributed by atoms with E-state index in [9.17, 15) is 14.0 Å². The molecule has 2 aromatic carbocycles. The van der Waals surface area contributed by atoms with Crippen molar-refractivity contribution in [3.63, 3.8) is 0 Å². The van der Waals surface area contributed by atoms with E-state index < -0.39 is 6.04 Å². The Morgan fingerprint density at radius 2 is 1.74 bits per heavy atom. The Kier molecular flexibility index (Phi) is 9.49. The molecule has 1 atom stereocenters. The summed E-state index contributed by atoms with van der Waals surface area (Å²) in [5.74, 6) is 0.192. The molecule has 3 rings (SSSR count). The van der Waals surface area contributed by atoms with Gasteiger partial charge in [-0.1, -0.05) is 70.4 Å². The molecular weight excluding hydrogens is 431 g/mol. The zero-order valence-corrected chi connectivity index (χ0v) is 20.6. The average Bonchev–Trinajstić information content (AvgIpc) is 2.84. The van der Waals surface area contributed by atoms with Crippen molar-refractivity contribution < 1.29 is 18.7 Å². The van der Waals surface area contributed by atoms with Crippen LogP contribution in [-0.2, 0) is 16.1 Å². The van der Waals surface area contributed by atoms with Gasteiger partial charge >= 0.3 is 0 Å². The number of carbonyl (C=O) groups excluding carboxylic acids is 2. The van der Waals surface area contributed by atoms with Crippen LogP contribution in [0.25, 0.3) is 0 Å². The lowest BCUT2D eigenvalue weighted by Crippen LogP contribution is -2.52. The molecule has 1 N–H and O–H groups in total. The van der Waals surface area contributed by atoms with Crippen molar-refractivity contribution in [1.29, 1.82) is 0 Å². The van der Waals surface area contributed by atoms with Gasteiger partial charge in [0, 0.05) is 12.6 Å². The predicted molar refractivity (Wildman–Crippen MR) is 132 cm³/mol. The van der Waals surface area contributed by atoms with Gasteiger partial charge in [-0.15, -0.1) is 0 Å². The largest absolute Gasteiger partial charge is 0.483 e. The van der Waals surface area contributed by atoms with Gasteiger partial charge in [0.05, 0.1) is 0 Å². The number of hydrogen-bond acceptors (Lipinski definition) is 3. The quantitative estimate of drug-likeness (QED) is 0.495. The van der Waals surface area contributed by atoms with Gasteiger partial charge in [0.25, 0.3) is 5.91 Å². The van der Waals surface area contributed by atoms with Gasteiger partial charge in [0.2, 0.25) is 5.91 Å². The molecule has 6 heteroatoms. The highest BCUT2D eigenvalue weighted by Gasteiger charge is 2.30. The number of carbonyl (C=O) groups is 2. The standard InChI is InChI=1S/C28H37FN2O3/c1-4-25(28(33)30-23-10-6-5-7-11-23)31(18-21-14-16-22(29)17-15-21)27(32)19-34-26-13-9-8-12-24(26)20(2)3/h8-9,12-17,20,23,25H,4-7,10-11,18-19H2,1-3H3,(H,30,33)/t25-/m1/s1. The van der Waals surface area contributed by atoms with Crippen molar-refractivity contribution in [2.24, 2.45) is 0 Å². The molecule has 0 aliphatic heterocycles. The molecule has 2 aromatic rings. The molecule has 0 spiro atoms. The Balaban J connectivity index is 1.77. The van der Waals surface area contributed by atoms with Crippen LogP contribution in [-0.4, -0.2) is 35.4 Å². The molecule has 1 fully saturated rings. The second-order valence-electron chi connectivity index (χ2n) is 9.40. The molecule has 1 aliphatic rings. The third-order valence-electron chi connectivity index (χ3n) is 6.50. The lowest BCUT2D eigenvalue weighted by atomic mass is 9.95. The van der Waals surface area contributed by atoms with Crippen molar-refractivity contribution in [3.8, 4) is 5.75 Å². The fraction of sp³-hybridized carbons (Fsp3) is 0.500. The average molecular weight is 469 g/mol. The van der Waals surface area contributed by atoms with E-state index >= 15 is 0 Å². The zero-order valence-electron chi connectivity index (χ0n) is 20.6. The lowest BCUT2D eigenvalue weighted by molar-refractivity contribution is -0.143. The fourth-order valence-electron chi connectivity index (χ4n) is 4.56. The first-order chi connectivity index (χ1) is 16.4. The summed E-state index contributed by atoms with van der Waals surface area (Å²) in [7, 11) is 0. The molecule has 0 aromatic heterocycles. The number of para-hydroxylation sites is 1. The molecule has 0 bridgehead atoms. The van der Waals surface area contributed by atoms with Crippen molar-refractivity contribution >= 4 is 11.8 Å². The van der Waals surface area contributed by atoms with Crippen LogP contribution in [0.1, 0.15) is 76.3 Å². The molecule has 184 valence electrons. The van der Waals surface area contributed by atoms with Crippen LogP contribution in [0.15, 0.2) is 48.5 Å². The van der Waals surface area contributed by atoms with Gasteiger partial charge < -0.3 is 15.0 Å². The van der Waals surface area contributed by atoms with Gasteiger partial charge in [-0.05, 0) is 54.5 Å². The number of benzene rings is 2. The highest BCUT2D eigenvalue weighted by molar-refractivity contribution is 5.88. The summed E-state index contributed by atoms with van der Waals surface area (Å²) >= 11 is 0. The third kappa shape index (κ3) is 7.05. The van der Waals surface area contributed by atoms with Gasteiger partial charge in [-0.3, -0.25) is 9.59 Å². The molecule has 5 nitrogen and oxygen atoms in total. The number of ether oxygens (including phenoxy) is 1. The summed E-state index contributed by atoms with van der Waals surface area (Å²) in [6, 6.07) is 13.3. The minimum Gasteiger partial charge on any atom is -0.483 e. The van der Waals surface area contributed by atoms with Crippen molar-refractivity contribution in [3.05, 3.63) is 65.5 Å². The molecule has 0 saturated heterocycles. The van der Waals surface area contributed by atoms with Crippen LogP contribution in [0, 0.1) is 5.82 Å². The SMILES string of the molecule is CC[C@H](C(=O)NC1CCCCC1)N(Cc1ccc(F)cc1)C(=O)COc1ccccc1C(C)C. The molecule has 2 amide bonds. The van der Waals surface area contributed by atoms with E-state index in [-0.39, 0.29) is 42.7 Å². The van der Waals surface area contributed by atoms with E-state index in [4.69, 9.17) is 4.74 Å². The van der Waals surface area contributed by atoms with E-state index in [1.807, 2.05) is 31.2 Å². The van der Waals surface area contributed by atoms with E-state index in [1.54, 1.807) is 17.0 Å². The first-order valence-corrected chi connectivity index (χ1v) is 12.4. The van der Waals surface area contributed by atoms with E-state index in [0.29, 0.717) is 12.2 Å². The topological polar surface area (TPSA) is 58.6 Å². The Bertz CT molecular complexity index is 939. The molecule has 0 unspecified atom stereocenters.